The minimum Gasteiger partial charge on any atom is -0.493 e. The Labute approximate surface area is 141 Å². The van der Waals surface area contributed by atoms with Crippen molar-refractivity contribution in [2.75, 3.05) is 13.7 Å². The molecule has 0 spiro atoms. The predicted molar refractivity (Wildman–Crippen MR) is 91.2 cm³/mol. The Bertz CT molecular complexity index is 737. The first-order chi connectivity index (χ1) is 11.6. The molecule has 0 heterocycles. The van der Waals surface area contributed by atoms with Gasteiger partial charge in [0.15, 0.2) is 11.5 Å². The maximum Gasteiger partial charge on any atom is 0.251 e. The third kappa shape index (κ3) is 4.75. The molecule has 1 atom stereocenters. The van der Waals surface area contributed by atoms with Gasteiger partial charge in [-0.3, -0.25) is 4.79 Å². The van der Waals surface area contributed by atoms with E-state index in [4.69, 9.17) is 14.7 Å². The average Bonchev–Trinajstić information content (AvgIpc) is 2.60. The lowest BCUT2D eigenvalue weighted by atomic mass is 10.1. The summed E-state index contributed by atoms with van der Waals surface area (Å²) in [5.41, 5.74) is 1.36. The van der Waals surface area contributed by atoms with Crippen LogP contribution in [0.15, 0.2) is 48.5 Å². The summed E-state index contributed by atoms with van der Waals surface area (Å²) in [6.07, 6.45) is 0.0709. The highest BCUT2D eigenvalue weighted by Gasteiger charge is 2.11. The third-order valence-corrected chi connectivity index (χ3v) is 3.42. The summed E-state index contributed by atoms with van der Waals surface area (Å²) in [6.45, 7) is 2.23. The Balaban J connectivity index is 1.91. The Morgan fingerprint density at radius 3 is 2.67 bits per heavy atom. The molecule has 5 nitrogen and oxygen atoms in total. The van der Waals surface area contributed by atoms with E-state index in [0.717, 1.165) is 5.56 Å². The summed E-state index contributed by atoms with van der Waals surface area (Å²) in [4.78, 5) is 12.2. The topological polar surface area (TPSA) is 71.3 Å². The van der Waals surface area contributed by atoms with Crippen molar-refractivity contribution in [2.45, 2.75) is 19.4 Å². The highest BCUT2D eigenvalue weighted by molar-refractivity contribution is 5.94. The van der Waals surface area contributed by atoms with E-state index >= 15 is 0 Å². The van der Waals surface area contributed by atoms with Crippen molar-refractivity contribution in [1.82, 2.24) is 5.32 Å². The van der Waals surface area contributed by atoms with Crippen LogP contribution in [-0.2, 0) is 6.42 Å². The van der Waals surface area contributed by atoms with Crippen LogP contribution >= 0.6 is 0 Å². The third-order valence-electron chi connectivity index (χ3n) is 3.42. The molecule has 0 radical (unpaired) electrons. The number of ether oxygens (including phenoxy) is 2. The van der Waals surface area contributed by atoms with Crippen LogP contribution in [-0.4, -0.2) is 25.7 Å². The van der Waals surface area contributed by atoms with Crippen LogP contribution in [0.1, 0.15) is 22.8 Å². The van der Waals surface area contributed by atoms with Gasteiger partial charge in [-0.05, 0) is 36.8 Å². The van der Waals surface area contributed by atoms with E-state index in [1.54, 1.807) is 25.3 Å². The van der Waals surface area contributed by atoms with Gasteiger partial charge in [0.25, 0.3) is 5.91 Å². The highest BCUT2D eigenvalue weighted by atomic mass is 16.5. The number of carbonyl (C=O) groups is 1. The van der Waals surface area contributed by atoms with E-state index in [9.17, 15) is 4.79 Å². The molecule has 2 aromatic rings. The molecule has 2 rings (SSSR count). The number of hydrogen-bond donors (Lipinski definition) is 1. The Hall–Kier alpha value is -3.00. The minimum absolute atomic E-state index is 0.190. The molecule has 24 heavy (non-hydrogen) atoms. The van der Waals surface area contributed by atoms with Gasteiger partial charge in [-0.15, -0.1) is 0 Å². The first-order valence-electron chi connectivity index (χ1n) is 7.67. The van der Waals surface area contributed by atoms with E-state index in [1.165, 1.54) is 0 Å². The molecular formula is C19H20N2O3. The van der Waals surface area contributed by atoms with Gasteiger partial charge in [-0.2, -0.15) is 5.26 Å². The van der Waals surface area contributed by atoms with Crippen molar-refractivity contribution in [3.63, 3.8) is 0 Å². The van der Waals surface area contributed by atoms with Gasteiger partial charge in [-0.1, -0.05) is 24.3 Å². The van der Waals surface area contributed by atoms with Crippen molar-refractivity contribution in [3.8, 4) is 17.6 Å². The minimum atomic E-state index is -0.215. The highest BCUT2D eigenvalue weighted by Crippen LogP contribution is 2.26. The second-order valence-corrected chi connectivity index (χ2v) is 5.32. The Morgan fingerprint density at radius 2 is 1.96 bits per heavy atom. The monoisotopic (exact) mass is 324 g/mol. The summed E-state index contributed by atoms with van der Waals surface area (Å²) < 4.78 is 11.0. The molecule has 1 amide bonds. The van der Waals surface area contributed by atoms with E-state index in [-0.39, 0.29) is 18.4 Å². The van der Waals surface area contributed by atoms with E-state index in [0.29, 0.717) is 23.6 Å². The van der Waals surface area contributed by atoms with Gasteiger partial charge in [0.05, 0.1) is 26.1 Å². The lowest BCUT2D eigenvalue weighted by Gasteiger charge is -2.17. The van der Waals surface area contributed by atoms with Gasteiger partial charge in [0.1, 0.15) is 6.10 Å². The maximum atomic E-state index is 12.2. The number of hydrogen-bond acceptors (Lipinski definition) is 4. The lowest BCUT2D eigenvalue weighted by molar-refractivity contribution is 0.0931. The fraction of sp³-hybridized carbons (Fsp3) is 0.263. The molecular weight excluding hydrogens is 304 g/mol. The summed E-state index contributed by atoms with van der Waals surface area (Å²) in [6, 6.07) is 16.5. The number of nitrogens with zero attached hydrogens (tertiary/aromatic N) is 1. The molecule has 1 N–H and O–H groups in total. The van der Waals surface area contributed by atoms with Gasteiger partial charge < -0.3 is 14.8 Å². The fourth-order valence-electron chi connectivity index (χ4n) is 2.23. The number of carbonyl (C=O) groups excluding carboxylic acids is 1. The van der Waals surface area contributed by atoms with E-state index < -0.39 is 0 Å². The first-order valence-corrected chi connectivity index (χ1v) is 7.67. The second kappa shape index (κ2) is 8.59. The molecule has 0 bridgehead atoms. The molecule has 0 saturated heterocycles. The zero-order valence-corrected chi connectivity index (χ0v) is 13.8. The number of benzene rings is 2. The number of rotatable bonds is 7. The second-order valence-electron chi connectivity index (χ2n) is 5.32. The molecule has 124 valence electrons. The van der Waals surface area contributed by atoms with Gasteiger partial charge in [-0.25, -0.2) is 0 Å². The van der Waals surface area contributed by atoms with Gasteiger partial charge >= 0.3 is 0 Å². The molecule has 1 unspecified atom stereocenters. The molecule has 0 aliphatic heterocycles. The first kappa shape index (κ1) is 17.4. The van der Waals surface area contributed by atoms with E-state index in [1.807, 2.05) is 37.3 Å². The van der Waals surface area contributed by atoms with Crippen molar-refractivity contribution in [2.24, 2.45) is 0 Å². The van der Waals surface area contributed by atoms with Gasteiger partial charge in [0, 0.05) is 5.56 Å². The largest absolute Gasteiger partial charge is 0.493 e. The van der Waals surface area contributed by atoms with Crippen molar-refractivity contribution in [1.29, 1.82) is 5.26 Å². The predicted octanol–water partition coefficient (Wildman–Crippen LogP) is 2.96. The van der Waals surface area contributed by atoms with Crippen LogP contribution in [0.5, 0.6) is 11.5 Å². The standard InChI is InChI=1S/C19H20N2O3/c1-14(24-18-9-4-3-8-17(18)23-2)13-21-19(22)16-7-5-6-15(12-16)10-11-20/h3-9,12,14H,10,13H2,1-2H3,(H,21,22). The molecule has 5 heteroatoms. The molecule has 0 saturated carbocycles. The fourth-order valence-corrected chi connectivity index (χ4v) is 2.23. The molecule has 0 fully saturated rings. The Kier molecular flexibility index (Phi) is 6.21. The van der Waals surface area contributed by atoms with Crippen molar-refractivity contribution < 1.29 is 14.3 Å². The molecule has 0 aromatic heterocycles. The van der Waals surface area contributed by atoms with Crippen LogP contribution in [0.3, 0.4) is 0 Å². The SMILES string of the molecule is COc1ccccc1OC(C)CNC(=O)c1cccc(CC#N)c1. The number of para-hydroxylation sites is 2. The Morgan fingerprint density at radius 1 is 1.21 bits per heavy atom. The number of amides is 1. The van der Waals surface area contributed by atoms with Crippen LogP contribution in [0.2, 0.25) is 0 Å². The summed E-state index contributed by atoms with van der Waals surface area (Å²) >= 11 is 0. The zero-order valence-electron chi connectivity index (χ0n) is 13.8. The number of methoxy groups -OCH3 is 1. The smallest absolute Gasteiger partial charge is 0.251 e. The molecule has 2 aromatic carbocycles. The van der Waals surface area contributed by atoms with Crippen LogP contribution in [0.25, 0.3) is 0 Å². The summed E-state index contributed by atoms with van der Waals surface area (Å²) in [7, 11) is 1.59. The zero-order chi connectivity index (χ0) is 17.4. The average molecular weight is 324 g/mol. The van der Waals surface area contributed by atoms with Crippen LogP contribution < -0.4 is 14.8 Å². The maximum absolute atomic E-state index is 12.2. The molecule has 0 aliphatic carbocycles. The number of nitriles is 1. The number of nitrogens with one attached hydrogen (secondary N) is 1. The quantitative estimate of drug-likeness (QED) is 0.850. The summed E-state index contributed by atoms with van der Waals surface area (Å²) in [5, 5.41) is 11.6. The van der Waals surface area contributed by atoms with E-state index in [2.05, 4.69) is 11.4 Å². The van der Waals surface area contributed by atoms with Crippen molar-refractivity contribution >= 4 is 5.91 Å². The normalized spacial score (nSPS) is 11.2. The van der Waals surface area contributed by atoms with Crippen LogP contribution in [0, 0.1) is 11.3 Å². The van der Waals surface area contributed by atoms with Crippen molar-refractivity contribution in [3.05, 3.63) is 59.7 Å². The lowest BCUT2D eigenvalue weighted by Crippen LogP contribution is -2.33. The molecule has 0 aliphatic rings. The summed E-state index contributed by atoms with van der Waals surface area (Å²) in [5.74, 6) is 1.10. The van der Waals surface area contributed by atoms with Crippen LogP contribution in [0.4, 0.5) is 0 Å². The van der Waals surface area contributed by atoms with Gasteiger partial charge in [0.2, 0.25) is 0 Å².